The van der Waals surface area contributed by atoms with Gasteiger partial charge < -0.3 is 20.1 Å². The fourth-order valence-corrected chi connectivity index (χ4v) is 4.43. The van der Waals surface area contributed by atoms with Crippen molar-refractivity contribution < 1.29 is 18.7 Å². The summed E-state index contributed by atoms with van der Waals surface area (Å²) in [5.41, 5.74) is 2.50. The maximum Gasteiger partial charge on any atom is 0.252 e. The molecule has 2 aliphatic rings. The van der Waals surface area contributed by atoms with E-state index in [9.17, 15) is 9.18 Å². The number of rotatable bonds is 7. The molecule has 3 aromatic rings. The van der Waals surface area contributed by atoms with Gasteiger partial charge in [-0.25, -0.2) is 14.4 Å². The largest absolute Gasteiger partial charge is 0.494 e. The predicted molar refractivity (Wildman–Crippen MR) is 136 cm³/mol. The van der Waals surface area contributed by atoms with E-state index in [2.05, 4.69) is 25.6 Å². The van der Waals surface area contributed by atoms with Gasteiger partial charge in [-0.05, 0) is 55.2 Å². The van der Waals surface area contributed by atoms with Crippen molar-refractivity contribution in [1.82, 2.24) is 15.3 Å². The van der Waals surface area contributed by atoms with Gasteiger partial charge in [0.1, 0.15) is 0 Å². The molecule has 0 spiro atoms. The molecule has 0 aliphatic carbocycles. The monoisotopic (exact) mass is 489 g/mol. The molecule has 1 amide bonds. The first-order valence-corrected chi connectivity index (χ1v) is 12.0. The lowest BCUT2D eigenvalue weighted by Gasteiger charge is -2.23. The summed E-state index contributed by atoms with van der Waals surface area (Å²) in [6.07, 6.45) is 7.22. The number of nitrogens with zero attached hydrogens (tertiary/aromatic N) is 3. The Kier molecular flexibility index (Phi) is 6.90. The van der Waals surface area contributed by atoms with Crippen LogP contribution < -0.4 is 15.4 Å². The van der Waals surface area contributed by atoms with Crippen molar-refractivity contribution >= 4 is 29.0 Å². The van der Waals surface area contributed by atoms with Crippen molar-refractivity contribution in [3.05, 3.63) is 71.2 Å². The van der Waals surface area contributed by atoms with E-state index >= 15 is 0 Å². The van der Waals surface area contributed by atoms with Gasteiger partial charge in [0, 0.05) is 42.6 Å². The molecule has 1 unspecified atom stereocenters. The van der Waals surface area contributed by atoms with E-state index in [-0.39, 0.29) is 23.7 Å². The normalized spacial score (nSPS) is 18.6. The zero-order chi connectivity index (χ0) is 25.1. The number of aromatic nitrogens is 2. The number of ether oxygens (including phenoxy) is 2. The highest BCUT2D eigenvalue weighted by atomic mass is 19.1. The van der Waals surface area contributed by atoms with Gasteiger partial charge in [0.05, 0.1) is 24.7 Å². The van der Waals surface area contributed by atoms with Crippen LogP contribution in [0, 0.1) is 5.82 Å². The highest BCUT2D eigenvalue weighted by molar-refractivity contribution is 5.99. The Morgan fingerprint density at radius 1 is 1.19 bits per heavy atom. The summed E-state index contributed by atoms with van der Waals surface area (Å²) in [7, 11) is 1.42. The Hall–Kier alpha value is -3.85. The lowest BCUT2D eigenvalue weighted by atomic mass is 9.98. The second-order valence-electron chi connectivity index (χ2n) is 8.98. The van der Waals surface area contributed by atoms with Crippen molar-refractivity contribution in [1.29, 1.82) is 0 Å². The van der Waals surface area contributed by atoms with Crippen LogP contribution in [0.15, 0.2) is 59.2 Å². The van der Waals surface area contributed by atoms with Crippen LogP contribution in [-0.4, -0.2) is 54.5 Å². The first-order chi connectivity index (χ1) is 17.5. The number of methoxy groups -OCH3 is 1. The average Bonchev–Trinajstić information content (AvgIpc) is 3.33. The average molecular weight is 490 g/mol. The molecular formula is C27H28FN5O3. The summed E-state index contributed by atoms with van der Waals surface area (Å²) in [4.78, 5) is 26.8. The van der Waals surface area contributed by atoms with E-state index in [0.717, 1.165) is 37.0 Å². The van der Waals surface area contributed by atoms with Gasteiger partial charge in [0.15, 0.2) is 11.6 Å². The molecule has 9 heteroatoms. The second-order valence-corrected chi connectivity index (χ2v) is 8.98. The van der Waals surface area contributed by atoms with Gasteiger partial charge in [0.2, 0.25) is 5.95 Å². The summed E-state index contributed by atoms with van der Waals surface area (Å²) in [6, 6.07) is 9.65. The Labute approximate surface area is 208 Å². The van der Waals surface area contributed by atoms with E-state index in [1.165, 1.54) is 13.2 Å². The minimum Gasteiger partial charge on any atom is -0.494 e. The molecule has 1 saturated heterocycles. The number of hydrogen-bond acceptors (Lipinski definition) is 7. The summed E-state index contributed by atoms with van der Waals surface area (Å²) in [6.45, 7) is 3.38. The molecule has 3 heterocycles. The molecular weight excluding hydrogens is 461 g/mol. The Morgan fingerprint density at radius 2 is 2.03 bits per heavy atom. The van der Waals surface area contributed by atoms with Gasteiger partial charge >= 0.3 is 0 Å². The smallest absolute Gasteiger partial charge is 0.252 e. The molecule has 2 N–H and O–H groups in total. The topological polar surface area (TPSA) is 97.7 Å². The predicted octanol–water partition coefficient (Wildman–Crippen LogP) is 4.24. The van der Waals surface area contributed by atoms with Crippen LogP contribution in [0.25, 0.3) is 10.9 Å². The number of benzene rings is 2. The quantitative estimate of drug-likeness (QED) is 0.515. The number of fused-ring (bicyclic) bond motifs is 1. The van der Waals surface area contributed by atoms with Crippen LogP contribution in [0.5, 0.6) is 5.75 Å². The molecule has 0 saturated carbocycles. The summed E-state index contributed by atoms with van der Waals surface area (Å²) >= 11 is 0. The fraction of sp³-hybridized carbons (Fsp3) is 0.333. The van der Waals surface area contributed by atoms with Gasteiger partial charge in [-0.2, -0.15) is 0 Å². The number of anilines is 1. The maximum atomic E-state index is 14.5. The van der Waals surface area contributed by atoms with Crippen molar-refractivity contribution in [3.63, 3.8) is 0 Å². The van der Waals surface area contributed by atoms with Gasteiger partial charge in [-0.3, -0.25) is 9.79 Å². The van der Waals surface area contributed by atoms with Crippen molar-refractivity contribution in [2.24, 2.45) is 4.99 Å². The number of halogens is 1. The Bertz CT molecular complexity index is 1340. The van der Waals surface area contributed by atoms with Crippen molar-refractivity contribution in [2.45, 2.75) is 37.9 Å². The molecule has 36 heavy (non-hydrogen) atoms. The lowest BCUT2D eigenvalue weighted by Crippen LogP contribution is -2.30. The maximum absolute atomic E-state index is 14.5. The van der Waals surface area contributed by atoms with Gasteiger partial charge in [0.25, 0.3) is 5.91 Å². The SMILES string of the molecule is COc1ccc([C@H](NC(=O)c2ccc3cnc(NC4CCOCC4)nc3c2)C2=CC(C)N=C2)cc1F. The highest BCUT2D eigenvalue weighted by Gasteiger charge is 2.23. The van der Waals surface area contributed by atoms with E-state index in [1.54, 1.807) is 36.7 Å². The first-order valence-electron chi connectivity index (χ1n) is 12.0. The van der Waals surface area contributed by atoms with Gasteiger partial charge in [-0.15, -0.1) is 0 Å². The number of amides is 1. The number of aliphatic imine (C=N–C) groups is 1. The minimum absolute atomic E-state index is 0.0125. The molecule has 0 bridgehead atoms. The van der Waals surface area contributed by atoms with Crippen LogP contribution in [0.4, 0.5) is 10.3 Å². The van der Waals surface area contributed by atoms with Crippen LogP contribution in [0.2, 0.25) is 0 Å². The molecule has 2 aromatic carbocycles. The molecule has 5 rings (SSSR count). The molecule has 1 aromatic heterocycles. The zero-order valence-corrected chi connectivity index (χ0v) is 20.2. The fourth-order valence-electron chi connectivity index (χ4n) is 4.43. The zero-order valence-electron chi connectivity index (χ0n) is 20.2. The molecule has 8 nitrogen and oxygen atoms in total. The van der Waals surface area contributed by atoms with Crippen molar-refractivity contribution in [3.8, 4) is 5.75 Å². The third-order valence-electron chi connectivity index (χ3n) is 6.41. The second kappa shape index (κ2) is 10.4. The number of carbonyl (C=O) groups excluding carboxylic acids is 1. The van der Waals surface area contributed by atoms with Crippen LogP contribution >= 0.6 is 0 Å². The third-order valence-corrected chi connectivity index (χ3v) is 6.41. The molecule has 186 valence electrons. The molecule has 2 atom stereocenters. The Morgan fingerprint density at radius 3 is 2.75 bits per heavy atom. The lowest BCUT2D eigenvalue weighted by molar-refractivity contribution is 0.0903. The number of carbonyl (C=O) groups is 1. The van der Waals surface area contributed by atoms with Crippen molar-refractivity contribution in [2.75, 3.05) is 25.6 Å². The van der Waals surface area contributed by atoms with E-state index in [1.807, 2.05) is 19.1 Å². The van der Waals surface area contributed by atoms with Crippen LogP contribution in [0.1, 0.15) is 41.7 Å². The molecule has 1 fully saturated rings. The van der Waals surface area contributed by atoms with E-state index in [4.69, 9.17) is 9.47 Å². The van der Waals surface area contributed by atoms with E-state index in [0.29, 0.717) is 22.6 Å². The number of nitrogens with one attached hydrogen (secondary N) is 2. The summed E-state index contributed by atoms with van der Waals surface area (Å²) in [5, 5.41) is 7.23. The highest BCUT2D eigenvalue weighted by Crippen LogP contribution is 2.29. The minimum atomic E-state index is -0.571. The molecule has 0 radical (unpaired) electrons. The summed E-state index contributed by atoms with van der Waals surface area (Å²) < 4.78 is 25.0. The van der Waals surface area contributed by atoms with Crippen LogP contribution in [-0.2, 0) is 4.74 Å². The van der Waals surface area contributed by atoms with Gasteiger partial charge in [-0.1, -0.05) is 18.2 Å². The number of hydrogen-bond donors (Lipinski definition) is 2. The Balaban J connectivity index is 1.40. The summed E-state index contributed by atoms with van der Waals surface area (Å²) in [5.74, 6) is -0.125. The third kappa shape index (κ3) is 5.21. The first kappa shape index (κ1) is 23.9. The standard InChI is InChI=1S/C27H28FN5O3/c1-16-11-20(15-29-16)25(17-5-6-24(35-2)22(28)12-17)33-26(34)18-3-4-19-14-30-27(32-23(19)13-18)31-21-7-9-36-10-8-21/h3-6,11-16,21,25H,7-10H2,1-2H3,(H,33,34)(H,30,31,32)/t16?,25-/m0/s1. The van der Waals surface area contributed by atoms with E-state index < -0.39 is 11.9 Å². The molecule has 2 aliphatic heterocycles. The van der Waals surface area contributed by atoms with Crippen LogP contribution in [0.3, 0.4) is 0 Å².